The number of fused-ring (bicyclic) bond motifs is 1. The lowest BCUT2D eigenvalue weighted by molar-refractivity contribution is 0.412. The third kappa shape index (κ3) is 2.44. The van der Waals surface area contributed by atoms with Crippen LogP contribution in [-0.2, 0) is 6.42 Å². The van der Waals surface area contributed by atoms with E-state index in [2.05, 4.69) is 38.1 Å². The zero-order chi connectivity index (χ0) is 11.5. The zero-order valence-electron chi connectivity index (χ0n) is 10.1. The first kappa shape index (κ1) is 12.0. The summed E-state index contributed by atoms with van der Waals surface area (Å²) in [6.07, 6.45) is 3.63. The van der Waals surface area contributed by atoms with Crippen LogP contribution in [-0.4, -0.2) is 11.3 Å². The summed E-state index contributed by atoms with van der Waals surface area (Å²) in [5, 5.41) is 0.582. The zero-order valence-corrected chi connectivity index (χ0v) is 11.0. The second-order valence-electron chi connectivity index (χ2n) is 4.81. The van der Waals surface area contributed by atoms with E-state index >= 15 is 0 Å². The molecule has 1 aromatic carbocycles. The Balaban J connectivity index is 2.00. The van der Waals surface area contributed by atoms with Crippen LogP contribution < -0.4 is 5.73 Å². The average molecular weight is 235 g/mol. The summed E-state index contributed by atoms with van der Waals surface area (Å²) in [4.78, 5) is 1.44. The smallest absolute Gasteiger partial charge is 0.0289 e. The van der Waals surface area contributed by atoms with Crippen LogP contribution in [0, 0.1) is 5.92 Å². The molecule has 2 N–H and O–H groups in total. The average Bonchev–Trinajstić information content (AvgIpc) is 2.71. The summed E-state index contributed by atoms with van der Waals surface area (Å²) >= 11 is 1.97. The molecule has 1 aromatic rings. The van der Waals surface area contributed by atoms with Crippen molar-refractivity contribution in [2.45, 2.75) is 49.3 Å². The maximum absolute atomic E-state index is 6.37. The molecule has 1 heterocycles. The van der Waals surface area contributed by atoms with Crippen molar-refractivity contribution >= 4 is 11.8 Å². The fraction of sp³-hybridized carbons (Fsp3) is 0.571. The standard InChI is InChI=1S/C14H21NS/c1-3-6-10(2)14(15)13-9-11-7-4-5-8-12(11)16-13/h4-5,7-8,10,13-14H,3,6,9,15H2,1-2H3. The third-order valence-electron chi connectivity index (χ3n) is 3.50. The Labute approximate surface area is 103 Å². The van der Waals surface area contributed by atoms with Crippen LogP contribution in [0.3, 0.4) is 0 Å². The number of hydrogen-bond donors (Lipinski definition) is 1. The predicted octanol–water partition coefficient (Wildman–Crippen LogP) is 3.47. The minimum Gasteiger partial charge on any atom is -0.326 e. The fourth-order valence-corrected chi connectivity index (χ4v) is 3.91. The van der Waals surface area contributed by atoms with E-state index in [1.165, 1.54) is 23.3 Å². The first-order valence-corrected chi connectivity index (χ1v) is 7.10. The van der Waals surface area contributed by atoms with E-state index < -0.39 is 0 Å². The monoisotopic (exact) mass is 235 g/mol. The molecular weight excluding hydrogens is 214 g/mol. The predicted molar refractivity (Wildman–Crippen MR) is 71.8 cm³/mol. The SMILES string of the molecule is CCCC(C)C(N)C1Cc2ccccc2S1. The van der Waals surface area contributed by atoms with Crippen molar-refractivity contribution in [3.05, 3.63) is 29.8 Å². The van der Waals surface area contributed by atoms with Crippen LogP contribution in [0.1, 0.15) is 32.3 Å². The molecular formula is C14H21NS. The van der Waals surface area contributed by atoms with Gasteiger partial charge in [-0.3, -0.25) is 0 Å². The van der Waals surface area contributed by atoms with Crippen molar-refractivity contribution < 1.29 is 0 Å². The normalized spacial score (nSPS) is 22.8. The van der Waals surface area contributed by atoms with Crippen molar-refractivity contribution in [2.24, 2.45) is 11.7 Å². The van der Waals surface area contributed by atoms with Gasteiger partial charge in [0.2, 0.25) is 0 Å². The molecule has 88 valence electrons. The second-order valence-corrected chi connectivity index (χ2v) is 6.09. The Morgan fingerprint density at radius 3 is 2.88 bits per heavy atom. The molecule has 0 bridgehead atoms. The van der Waals surface area contributed by atoms with Gasteiger partial charge in [-0.05, 0) is 30.4 Å². The highest BCUT2D eigenvalue weighted by molar-refractivity contribution is 8.00. The Hall–Kier alpha value is -0.470. The van der Waals surface area contributed by atoms with E-state index in [1.807, 2.05) is 11.8 Å². The minimum absolute atomic E-state index is 0.331. The molecule has 0 spiro atoms. The molecule has 16 heavy (non-hydrogen) atoms. The van der Waals surface area contributed by atoms with E-state index in [0.717, 1.165) is 6.42 Å². The Kier molecular flexibility index (Phi) is 3.93. The highest BCUT2D eigenvalue weighted by atomic mass is 32.2. The quantitative estimate of drug-likeness (QED) is 0.865. The van der Waals surface area contributed by atoms with Gasteiger partial charge < -0.3 is 5.73 Å². The van der Waals surface area contributed by atoms with Gasteiger partial charge in [-0.1, -0.05) is 38.5 Å². The number of rotatable bonds is 4. The molecule has 1 aliphatic heterocycles. The molecule has 0 aromatic heterocycles. The van der Waals surface area contributed by atoms with E-state index in [-0.39, 0.29) is 0 Å². The topological polar surface area (TPSA) is 26.0 Å². The molecule has 0 fully saturated rings. The second kappa shape index (κ2) is 5.24. The number of benzene rings is 1. The molecule has 1 aliphatic rings. The number of hydrogen-bond acceptors (Lipinski definition) is 2. The molecule has 0 aliphatic carbocycles. The minimum atomic E-state index is 0.331. The maximum atomic E-state index is 6.37. The first-order chi connectivity index (χ1) is 7.72. The van der Waals surface area contributed by atoms with Gasteiger partial charge in [-0.25, -0.2) is 0 Å². The summed E-state index contributed by atoms with van der Waals surface area (Å²) in [5.74, 6) is 0.636. The van der Waals surface area contributed by atoms with E-state index in [1.54, 1.807) is 0 Å². The summed E-state index contributed by atoms with van der Waals surface area (Å²) in [6.45, 7) is 4.53. The van der Waals surface area contributed by atoms with Crippen LogP contribution in [0.25, 0.3) is 0 Å². The van der Waals surface area contributed by atoms with Gasteiger partial charge >= 0.3 is 0 Å². The lowest BCUT2D eigenvalue weighted by Crippen LogP contribution is -2.38. The van der Waals surface area contributed by atoms with Gasteiger partial charge in [0.1, 0.15) is 0 Å². The van der Waals surface area contributed by atoms with Gasteiger partial charge in [0, 0.05) is 16.2 Å². The largest absolute Gasteiger partial charge is 0.326 e. The van der Waals surface area contributed by atoms with Gasteiger partial charge in [0.05, 0.1) is 0 Å². The van der Waals surface area contributed by atoms with Gasteiger partial charge in [-0.15, -0.1) is 11.8 Å². The third-order valence-corrected chi connectivity index (χ3v) is 4.94. The summed E-state index contributed by atoms with van der Waals surface area (Å²) in [7, 11) is 0. The summed E-state index contributed by atoms with van der Waals surface area (Å²) in [6, 6.07) is 9.03. The molecule has 2 rings (SSSR count). The first-order valence-electron chi connectivity index (χ1n) is 6.22. The number of thioether (sulfide) groups is 1. The highest BCUT2D eigenvalue weighted by Gasteiger charge is 2.29. The molecule has 0 saturated carbocycles. The van der Waals surface area contributed by atoms with E-state index in [4.69, 9.17) is 5.73 Å². The molecule has 3 unspecified atom stereocenters. The van der Waals surface area contributed by atoms with Crippen LogP contribution in [0.15, 0.2) is 29.2 Å². The molecule has 0 amide bonds. The van der Waals surface area contributed by atoms with E-state index in [0.29, 0.717) is 17.2 Å². The van der Waals surface area contributed by atoms with Crippen LogP contribution >= 0.6 is 11.8 Å². The van der Waals surface area contributed by atoms with Crippen molar-refractivity contribution in [3.8, 4) is 0 Å². The fourth-order valence-electron chi connectivity index (χ4n) is 2.44. The summed E-state index contributed by atoms with van der Waals surface area (Å²) in [5.41, 5.74) is 7.85. The van der Waals surface area contributed by atoms with Crippen LogP contribution in [0.5, 0.6) is 0 Å². The van der Waals surface area contributed by atoms with E-state index in [9.17, 15) is 0 Å². The Morgan fingerprint density at radius 2 is 2.19 bits per heavy atom. The lowest BCUT2D eigenvalue weighted by Gasteiger charge is -2.24. The Morgan fingerprint density at radius 1 is 1.44 bits per heavy atom. The molecule has 0 saturated heterocycles. The maximum Gasteiger partial charge on any atom is 0.0289 e. The van der Waals surface area contributed by atoms with Crippen molar-refractivity contribution in [2.75, 3.05) is 0 Å². The number of nitrogens with two attached hydrogens (primary N) is 1. The molecule has 1 nitrogen and oxygen atoms in total. The van der Waals surface area contributed by atoms with Gasteiger partial charge in [0.15, 0.2) is 0 Å². The molecule has 2 heteroatoms. The summed E-state index contributed by atoms with van der Waals surface area (Å²) < 4.78 is 0. The molecule has 3 atom stereocenters. The lowest BCUT2D eigenvalue weighted by atomic mass is 9.92. The van der Waals surface area contributed by atoms with Crippen molar-refractivity contribution in [3.63, 3.8) is 0 Å². The Bertz CT molecular complexity index is 325. The van der Waals surface area contributed by atoms with Crippen molar-refractivity contribution in [1.82, 2.24) is 0 Å². The highest BCUT2D eigenvalue weighted by Crippen LogP contribution is 2.39. The van der Waals surface area contributed by atoms with Crippen LogP contribution in [0.2, 0.25) is 0 Å². The van der Waals surface area contributed by atoms with Crippen molar-refractivity contribution in [1.29, 1.82) is 0 Å². The van der Waals surface area contributed by atoms with Crippen LogP contribution in [0.4, 0.5) is 0 Å². The molecule has 0 radical (unpaired) electrons. The van der Waals surface area contributed by atoms with Gasteiger partial charge in [0.25, 0.3) is 0 Å². The van der Waals surface area contributed by atoms with Gasteiger partial charge in [-0.2, -0.15) is 0 Å².